The molecule has 6 nitrogen and oxygen atoms in total. The van der Waals surface area contributed by atoms with E-state index < -0.39 is 17.8 Å². The molecule has 0 aliphatic heterocycles. The second-order valence-electron chi connectivity index (χ2n) is 5.68. The predicted octanol–water partition coefficient (Wildman–Crippen LogP) is 3.62. The largest absolute Gasteiger partial charge is 0.416 e. The Morgan fingerprint density at radius 1 is 1.23 bits per heavy atom. The fourth-order valence-corrected chi connectivity index (χ4v) is 2.80. The minimum atomic E-state index is -4.47. The van der Waals surface area contributed by atoms with Gasteiger partial charge in [0.25, 0.3) is 5.56 Å². The third kappa shape index (κ3) is 3.62. The summed E-state index contributed by atoms with van der Waals surface area (Å²) in [5.41, 5.74) is 0.0193. The zero-order valence-electron chi connectivity index (χ0n) is 13.7. The van der Waals surface area contributed by atoms with Crippen LogP contribution in [-0.2, 0) is 6.18 Å². The van der Waals surface area contributed by atoms with Gasteiger partial charge in [0.1, 0.15) is 11.5 Å². The van der Waals surface area contributed by atoms with Crippen molar-refractivity contribution in [2.24, 2.45) is 0 Å². The standard InChI is InChI=1S/C16H13ClF3N5O/c1-8(11-4-3-10(5-12(11)17)16(18,19)20)25-21-7-14(24-25)13-6-15(26)23-9(2)22-13/h3-8H,1-2H3,(H,22,23,26). The van der Waals surface area contributed by atoms with Gasteiger partial charge in [0.2, 0.25) is 0 Å². The first-order valence-corrected chi connectivity index (χ1v) is 7.90. The van der Waals surface area contributed by atoms with Gasteiger partial charge in [-0.3, -0.25) is 4.79 Å². The Bertz CT molecular complexity index is 1010. The van der Waals surface area contributed by atoms with Crippen molar-refractivity contribution in [2.75, 3.05) is 0 Å². The number of rotatable bonds is 3. The zero-order chi connectivity index (χ0) is 19.1. The number of aromatic amines is 1. The lowest BCUT2D eigenvalue weighted by Crippen LogP contribution is -2.12. The van der Waals surface area contributed by atoms with E-state index in [1.54, 1.807) is 13.8 Å². The summed E-state index contributed by atoms with van der Waals surface area (Å²) < 4.78 is 38.3. The fourth-order valence-electron chi connectivity index (χ4n) is 2.46. The highest BCUT2D eigenvalue weighted by atomic mass is 35.5. The third-order valence-electron chi connectivity index (χ3n) is 3.76. The number of halogens is 4. The van der Waals surface area contributed by atoms with E-state index in [2.05, 4.69) is 20.2 Å². The SMILES string of the molecule is Cc1nc(-c2cnn(C(C)c3ccc(C(F)(F)F)cc3Cl)n2)cc(=O)[nH]1. The lowest BCUT2D eigenvalue weighted by Gasteiger charge is -2.15. The molecule has 0 amide bonds. The molecule has 0 fully saturated rings. The summed E-state index contributed by atoms with van der Waals surface area (Å²) in [6.07, 6.45) is -3.04. The van der Waals surface area contributed by atoms with Crippen LogP contribution in [-0.4, -0.2) is 25.0 Å². The number of nitrogens with one attached hydrogen (secondary N) is 1. The average Bonchev–Trinajstić information content (AvgIpc) is 3.02. The maximum absolute atomic E-state index is 12.8. The lowest BCUT2D eigenvalue weighted by molar-refractivity contribution is -0.137. The Morgan fingerprint density at radius 2 is 1.96 bits per heavy atom. The molecule has 1 N–H and O–H groups in total. The zero-order valence-corrected chi connectivity index (χ0v) is 14.4. The molecular formula is C16H13ClF3N5O. The molecule has 0 aliphatic carbocycles. The van der Waals surface area contributed by atoms with E-state index in [1.807, 2.05) is 0 Å². The summed E-state index contributed by atoms with van der Waals surface area (Å²) in [6, 6.07) is 3.91. The predicted molar refractivity (Wildman–Crippen MR) is 88.9 cm³/mol. The Labute approximate surface area is 150 Å². The van der Waals surface area contributed by atoms with E-state index in [4.69, 9.17) is 11.6 Å². The molecule has 10 heteroatoms. The molecule has 2 aromatic heterocycles. The van der Waals surface area contributed by atoms with Crippen molar-refractivity contribution in [2.45, 2.75) is 26.1 Å². The van der Waals surface area contributed by atoms with Crippen molar-refractivity contribution in [3.05, 3.63) is 62.8 Å². The molecule has 1 atom stereocenters. The first-order valence-electron chi connectivity index (χ1n) is 7.52. The van der Waals surface area contributed by atoms with Gasteiger partial charge in [-0.1, -0.05) is 17.7 Å². The van der Waals surface area contributed by atoms with Gasteiger partial charge < -0.3 is 4.98 Å². The van der Waals surface area contributed by atoms with Crippen LogP contribution in [0, 0.1) is 6.92 Å². The van der Waals surface area contributed by atoms with Gasteiger partial charge in [0, 0.05) is 11.1 Å². The highest BCUT2D eigenvalue weighted by Crippen LogP contribution is 2.34. The maximum atomic E-state index is 12.8. The van der Waals surface area contributed by atoms with Crippen LogP contribution >= 0.6 is 11.6 Å². The van der Waals surface area contributed by atoms with Crippen LogP contribution in [0.3, 0.4) is 0 Å². The van der Waals surface area contributed by atoms with Crippen molar-refractivity contribution in [3.63, 3.8) is 0 Å². The number of hydrogen-bond donors (Lipinski definition) is 1. The summed E-state index contributed by atoms with van der Waals surface area (Å²) in [5, 5.41) is 8.34. The number of benzene rings is 1. The monoisotopic (exact) mass is 383 g/mol. The summed E-state index contributed by atoms with van der Waals surface area (Å²) in [4.78, 5) is 19.6. The van der Waals surface area contributed by atoms with Crippen LogP contribution in [0.5, 0.6) is 0 Å². The van der Waals surface area contributed by atoms with Crippen molar-refractivity contribution >= 4 is 11.6 Å². The molecule has 0 aliphatic rings. The molecule has 3 rings (SSSR count). The second kappa shape index (κ2) is 6.56. The van der Waals surface area contributed by atoms with Crippen molar-refractivity contribution < 1.29 is 13.2 Å². The first kappa shape index (κ1) is 18.1. The number of alkyl halides is 3. The highest BCUT2D eigenvalue weighted by molar-refractivity contribution is 6.31. The molecular weight excluding hydrogens is 371 g/mol. The molecule has 26 heavy (non-hydrogen) atoms. The smallest absolute Gasteiger partial charge is 0.311 e. The van der Waals surface area contributed by atoms with Crippen LogP contribution in [0.4, 0.5) is 13.2 Å². The molecule has 1 unspecified atom stereocenters. The number of aryl methyl sites for hydroxylation is 1. The van der Waals surface area contributed by atoms with E-state index in [-0.39, 0.29) is 10.6 Å². The summed E-state index contributed by atoms with van der Waals surface area (Å²) in [6.45, 7) is 3.34. The summed E-state index contributed by atoms with van der Waals surface area (Å²) in [5.74, 6) is 0.431. The summed E-state index contributed by atoms with van der Waals surface area (Å²) >= 11 is 6.02. The van der Waals surface area contributed by atoms with E-state index in [9.17, 15) is 18.0 Å². The molecule has 2 heterocycles. The van der Waals surface area contributed by atoms with Crippen molar-refractivity contribution in [1.82, 2.24) is 25.0 Å². The fraction of sp³-hybridized carbons (Fsp3) is 0.250. The molecule has 0 saturated carbocycles. The Morgan fingerprint density at radius 3 is 2.58 bits per heavy atom. The van der Waals surface area contributed by atoms with Gasteiger partial charge in [0.05, 0.1) is 23.5 Å². The molecule has 136 valence electrons. The maximum Gasteiger partial charge on any atom is 0.416 e. The number of aromatic nitrogens is 5. The van der Waals surface area contributed by atoms with Crippen LogP contribution < -0.4 is 5.56 Å². The van der Waals surface area contributed by atoms with Gasteiger partial charge in [-0.15, -0.1) is 0 Å². The van der Waals surface area contributed by atoms with Gasteiger partial charge >= 0.3 is 6.18 Å². The van der Waals surface area contributed by atoms with E-state index in [1.165, 1.54) is 23.1 Å². The van der Waals surface area contributed by atoms with Crippen LogP contribution in [0.1, 0.15) is 29.9 Å². The van der Waals surface area contributed by atoms with Gasteiger partial charge in [0.15, 0.2) is 0 Å². The first-order chi connectivity index (χ1) is 12.1. The van der Waals surface area contributed by atoms with Crippen LogP contribution in [0.15, 0.2) is 35.3 Å². The molecule has 3 aromatic rings. The van der Waals surface area contributed by atoms with Crippen LogP contribution in [0.2, 0.25) is 5.02 Å². The van der Waals surface area contributed by atoms with Crippen molar-refractivity contribution in [1.29, 1.82) is 0 Å². The topological polar surface area (TPSA) is 76.5 Å². The van der Waals surface area contributed by atoms with Gasteiger partial charge in [-0.2, -0.15) is 28.2 Å². The Hall–Kier alpha value is -2.68. The number of hydrogen-bond acceptors (Lipinski definition) is 4. The molecule has 0 bridgehead atoms. The van der Waals surface area contributed by atoms with E-state index >= 15 is 0 Å². The minimum Gasteiger partial charge on any atom is -0.311 e. The molecule has 0 spiro atoms. The normalized spacial score (nSPS) is 13.0. The Kier molecular flexibility index (Phi) is 4.57. The van der Waals surface area contributed by atoms with Gasteiger partial charge in [-0.25, -0.2) is 4.98 Å². The van der Waals surface area contributed by atoms with E-state index in [0.29, 0.717) is 22.8 Å². The van der Waals surface area contributed by atoms with Crippen molar-refractivity contribution in [3.8, 4) is 11.4 Å². The van der Waals surface area contributed by atoms with E-state index in [0.717, 1.165) is 12.1 Å². The Balaban J connectivity index is 1.93. The van der Waals surface area contributed by atoms with Crippen LogP contribution in [0.25, 0.3) is 11.4 Å². The third-order valence-corrected chi connectivity index (χ3v) is 4.08. The molecule has 0 saturated heterocycles. The number of nitrogens with zero attached hydrogens (tertiary/aromatic N) is 4. The summed E-state index contributed by atoms with van der Waals surface area (Å²) in [7, 11) is 0. The molecule has 1 aromatic carbocycles. The quantitative estimate of drug-likeness (QED) is 0.749. The highest BCUT2D eigenvalue weighted by Gasteiger charge is 2.31. The lowest BCUT2D eigenvalue weighted by atomic mass is 10.1. The molecule has 0 radical (unpaired) electrons. The average molecular weight is 384 g/mol. The van der Waals surface area contributed by atoms with Gasteiger partial charge in [-0.05, 0) is 31.5 Å². The minimum absolute atomic E-state index is 0.0312. The number of H-pyrrole nitrogens is 1. The second-order valence-corrected chi connectivity index (χ2v) is 6.08.